The minimum absolute atomic E-state index is 0.116. The number of rotatable bonds is 5. The van der Waals surface area contributed by atoms with Crippen molar-refractivity contribution in [3.63, 3.8) is 0 Å². The maximum Gasteiger partial charge on any atom is 0.253 e. The van der Waals surface area contributed by atoms with Crippen LogP contribution in [-0.2, 0) is 13.0 Å². The number of benzene rings is 1. The number of carbonyl (C=O) groups excluding carboxylic acids is 1. The van der Waals surface area contributed by atoms with E-state index in [-0.39, 0.29) is 5.91 Å². The third kappa shape index (κ3) is 3.31. The van der Waals surface area contributed by atoms with E-state index in [1.54, 1.807) is 0 Å². The van der Waals surface area contributed by atoms with Gasteiger partial charge in [-0.1, -0.05) is 0 Å². The van der Waals surface area contributed by atoms with Crippen molar-refractivity contribution < 1.29 is 4.79 Å². The summed E-state index contributed by atoms with van der Waals surface area (Å²) in [5.74, 6) is 0.116. The van der Waals surface area contributed by atoms with Crippen LogP contribution in [0.15, 0.2) is 18.2 Å². The number of hydrogen-bond acceptors (Lipinski definition) is 3. The molecule has 4 rings (SSSR count). The van der Waals surface area contributed by atoms with Crippen molar-refractivity contribution in [2.45, 2.75) is 31.8 Å². The van der Waals surface area contributed by atoms with Gasteiger partial charge in [0.1, 0.15) is 0 Å². The van der Waals surface area contributed by atoms with E-state index in [2.05, 4.69) is 41.0 Å². The molecule has 0 saturated heterocycles. The summed E-state index contributed by atoms with van der Waals surface area (Å²) in [5.41, 5.74) is 4.62. The quantitative estimate of drug-likeness (QED) is 0.908. The van der Waals surface area contributed by atoms with Crippen molar-refractivity contribution in [2.75, 3.05) is 40.8 Å². The Morgan fingerprint density at radius 3 is 2.84 bits per heavy atom. The third-order valence-corrected chi connectivity index (χ3v) is 5.72. The molecule has 0 atom stereocenters. The monoisotopic (exact) mass is 340 g/mol. The molecule has 1 N–H and O–H groups in total. The van der Waals surface area contributed by atoms with Gasteiger partial charge < -0.3 is 19.7 Å². The van der Waals surface area contributed by atoms with E-state index >= 15 is 0 Å². The zero-order chi connectivity index (χ0) is 17.6. The van der Waals surface area contributed by atoms with Gasteiger partial charge in [-0.25, -0.2) is 0 Å². The molecule has 1 amide bonds. The second kappa shape index (κ2) is 6.46. The SMILES string of the molecule is CN1CCc2[nH]c3ccc(C(=O)N(C)CCN(C)C4CC4)cc3c2C1. The van der Waals surface area contributed by atoms with Crippen LogP contribution >= 0.6 is 0 Å². The summed E-state index contributed by atoms with van der Waals surface area (Å²) in [6.07, 6.45) is 3.66. The Hall–Kier alpha value is -1.85. The van der Waals surface area contributed by atoms with Crippen LogP contribution in [0.2, 0.25) is 0 Å². The van der Waals surface area contributed by atoms with Crippen molar-refractivity contribution in [3.8, 4) is 0 Å². The van der Waals surface area contributed by atoms with Crippen LogP contribution in [0.3, 0.4) is 0 Å². The van der Waals surface area contributed by atoms with Gasteiger partial charge in [-0.05, 0) is 50.7 Å². The Labute approximate surface area is 149 Å². The van der Waals surface area contributed by atoms with Crippen LogP contribution in [0.1, 0.15) is 34.5 Å². The Kier molecular flexibility index (Phi) is 4.29. The number of fused-ring (bicyclic) bond motifs is 3. The largest absolute Gasteiger partial charge is 0.358 e. The highest BCUT2D eigenvalue weighted by Gasteiger charge is 2.26. The van der Waals surface area contributed by atoms with E-state index in [1.807, 2.05) is 18.0 Å². The highest BCUT2D eigenvalue weighted by molar-refractivity contribution is 5.99. The van der Waals surface area contributed by atoms with Crippen LogP contribution in [0, 0.1) is 0 Å². The summed E-state index contributed by atoms with van der Waals surface area (Å²) in [4.78, 5) is 22.9. The zero-order valence-electron chi connectivity index (χ0n) is 15.5. The summed E-state index contributed by atoms with van der Waals surface area (Å²) in [5, 5.41) is 1.20. The van der Waals surface area contributed by atoms with Crippen molar-refractivity contribution in [1.82, 2.24) is 19.7 Å². The number of nitrogens with one attached hydrogen (secondary N) is 1. The van der Waals surface area contributed by atoms with Gasteiger partial charge >= 0.3 is 0 Å². The van der Waals surface area contributed by atoms with Crippen LogP contribution in [0.5, 0.6) is 0 Å². The molecule has 0 radical (unpaired) electrons. The van der Waals surface area contributed by atoms with Crippen LogP contribution < -0.4 is 0 Å². The summed E-state index contributed by atoms with van der Waals surface area (Å²) in [6.45, 7) is 3.76. The Bertz CT molecular complexity index is 792. The van der Waals surface area contributed by atoms with E-state index in [9.17, 15) is 4.79 Å². The molecule has 1 aromatic carbocycles. The van der Waals surface area contributed by atoms with Gasteiger partial charge in [0.25, 0.3) is 5.91 Å². The minimum Gasteiger partial charge on any atom is -0.358 e. The van der Waals surface area contributed by atoms with Crippen molar-refractivity contribution in [1.29, 1.82) is 0 Å². The lowest BCUT2D eigenvalue weighted by molar-refractivity contribution is 0.0781. The first-order chi connectivity index (χ1) is 12.0. The fraction of sp³-hybridized carbons (Fsp3) is 0.550. The molecule has 1 aliphatic carbocycles. The molecule has 1 fully saturated rings. The minimum atomic E-state index is 0.116. The maximum atomic E-state index is 12.8. The van der Waals surface area contributed by atoms with Gasteiger partial charge in [-0.2, -0.15) is 0 Å². The molecule has 1 aromatic heterocycles. The Morgan fingerprint density at radius 1 is 1.28 bits per heavy atom. The molecule has 134 valence electrons. The molecule has 5 nitrogen and oxygen atoms in total. The number of carbonyl (C=O) groups is 1. The highest BCUT2D eigenvalue weighted by Crippen LogP contribution is 2.28. The second-order valence-electron chi connectivity index (χ2n) is 7.77. The highest BCUT2D eigenvalue weighted by atomic mass is 16.2. The molecule has 1 aliphatic heterocycles. The fourth-order valence-corrected chi connectivity index (χ4v) is 3.81. The van der Waals surface area contributed by atoms with Gasteiger partial charge in [0.15, 0.2) is 0 Å². The van der Waals surface area contributed by atoms with Crippen LogP contribution in [0.25, 0.3) is 10.9 Å². The predicted molar refractivity (Wildman–Crippen MR) is 101 cm³/mol. The number of H-pyrrole nitrogens is 1. The Morgan fingerprint density at radius 2 is 2.08 bits per heavy atom. The molecule has 25 heavy (non-hydrogen) atoms. The third-order valence-electron chi connectivity index (χ3n) is 5.72. The summed E-state index contributed by atoms with van der Waals surface area (Å²) in [7, 11) is 6.22. The lowest BCUT2D eigenvalue weighted by Gasteiger charge is -2.23. The smallest absolute Gasteiger partial charge is 0.253 e. The fourth-order valence-electron chi connectivity index (χ4n) is 3.81. The normalized spacial score (nSPS) is 17.9. The number of likely N-dealkylation sites (N-methyl/N-ethyl adjacent to an activating group) is 3. The van der Waals surface area contributed by atoms with Gasteiger partial charge in [0, 0.05) is 67.8 Å². The summed E-state index contributed by atoms with van der Waals surface area (Å²) in [6, 6.07) is 6.83. The topological polar surface area (TPSA) is 42.6 Å². The van der Waals surface area contributed by atoms with Crippen LogP contribution in [-0.4, -0.2) is 72.4 Å². The Balaban J connectivity index is 1.52. The van der Waals surface area contributed by atoms with E-state index < -0.39 is 0 Å². The molecule has 0 bridgehead atoms. The number of amides is 1. The van der Waals surface area contributed by atoms with E-state index in [0.29, 0.717) is 0 Å². The molecular weight excluding hydrogens is 312 g/mol. The number of hydrogen-bond donors (Lipinski definition) is 1. The van der Waals surface area contributed by atoms with Crippen LogP contribution in [0.4, 0.5) is 0 Å². The van der Waals surface area contributed by atoms with E-state index in [1.165, 1.54) is 29.5 Å². The lowest BCUT2D eigenvalue weighted by atomic mass is 10.0. The van der Waals surface area contributed by atoms with Gasteiger partial charge in [0.05, 0.1) is 0 Å². The van der Waals surface area contributed by atoms with Crippen molar-refractivity contribution >= 4 is 16.8 Å². The summed E-state index contributed by atoms with van der Waals surface area (Å²) >= 11 is 0. The first kappa shape index (κ1) is 16.6. The molecular formula is C20H28N4O. The molecule has 1 saturated carbocycles. The second-order valence-corrected chi connectivity index (χ2v) is 7.77. The van der Waals surface area contributed by atoms with Gasteiger partial charge in [0.2, 0.25) is 0 Å². The van der Waals surface area contributed by atoms with Crippen molar-refractivity contribution in [3.05, 3.63) is 35.0 Å². The van der Waals surface area contributed by atoms with Gasteiger partial charge in [-0.15, -0.1) is 0 Å². The molecule has 2 heterocycles. The summed E-state index contributed by atoms with van der Waals surface area (Å²) < 4.78 is 0. The average Bonchev–Trinajstić information content (AvgIpc) is 3.40. The maximum absolute atomic E-state index is 12.8. The lowest BCUT2D eigenvalue weighted by Crippen LogP contribution is -2.35. The number of nitrogens with zero attached hydrogens (tertiary/aromatic N) is 3. The van der Waals surface area contributed by atoms with Gasteiger partial charge in [-0.3, -0.25) is 4.79 Å². The number of aromatic nitrogens is 1. The van der Waals surface area contributed by atoms with E-state index in [4.69, 9.17) is 0 Å². The standard InChI is InChI=1S/C20H28N4O/c1-22-9-8-19-17(13-22)16-12-14(4-7-18(16)21-19)20(25)24(3)11-10-23(2)15-5-6-15/h4,7,12,15,21H,5-6,8-11,13H2,1-3H3. The average molecular weight is 340 g/mol. The molecule has 0 unspecified atom stereocenters. The molecule has 0 spiro atoms. The molecule has 5 heteroatoms. The first-order valence-corrected chi connectivity index (χ1v) is 9.30. The zero-order valence-corrected chi connectivity index (χ0v) is 15.5. The van der Waals surface area contributed by atoms with E-state index in [0.717, 1.165) is 49.7 Å². The predicted octanol–water partition coefficient (Wildman–Crippen LogP) is 2.32. The van der Waals surface area contributed by atoms with Crippen molar-refractivity contribution in [2.24, 2.45) is 0 Å². The first-order valence-electron chi connectivity index (χ1n) is 9.30. The number of aromatic amines is 1. The molecule has 2 aliphatic rings. The molecule has 2 aromatic rings.